The van der Waals surface area contributed by atoms with Crippen LogP contribution < -0.4 is 5.32 Å². The first-order valence-electron chi connectivity index (χ1n) is 9.62. The van der Waals surface area contributed by atoms with E-state index in [-0.39, 0.29) is 11.1 Å². The summed E-state index contributed by atoms with van der Waals surface area (Å²) in [7, 11) is 0. The van der Waals surface area contributed by atoms with Gasteiger partial charge in [0.25, 0.3) is 23.4 Å². The van der Waals surface area contributed by atoms with Crippen molar-refractivity contribution in [1.82, 2.24) is 10.2 Å². The predicted octanol–water partition coefficient (Wildman–Crippen LogP) is 1.74. The lowest BCUT2D eigenvalue weighted by molar-refractivity contribution is -0.385. The van der Waals surface area contributed by atoms with Gasteiger partial charge < -0.3 is 10.1 Å². The second kappa shape index (κ2) is 9.29. The molecule has 0 bridgehead atoms. The number of hydrogen-bond acceptors (Lipinski definition) is 7. The quantitative estimate of drug-likeness (QED) is 0.224. The van der Waals surface area contributed by atoms with Gasteiger partial charge >= 0.3 is 5.97 Å². The number of ether oxygens (including phenoxy) is 1. The summed E-state index contributed by atoms with van der Waals surface area (Å²) in [5, 5.41) is 13.7. The number of nitro benzene ring substituents is 1. The third-order valence-electron chi connectivity index (χ3n) is 4.98. The first-order valence-corrected chi connectivity index (χ1v) is 9.62. The van der Waals surface area contributed by atoms with Crippen molar-refractivity contribution < 1.29 is 28.8 Å². The van der Waals surface area contributed by atoms with Crippen molar-refractivity contribution in [3.8, 4) is 0 Å². The van der Waals surface area contributed by atoms with Crippen molar-refractivity contribution in [2.24, 2.45) is 0 Å². The molecule has 0 spiro atoms. The molecular formula is C20H21N3O7. The summed E-state index contributed by atoms with van der Waals surface area (Å²) in [6.45, 7) is -0.838. The highest BCUT2D eigenvalue weighted by molar-refractivity contribution is 6.24. The highest BCUT2D eigenvalue weighted by Gasteiger charge is 2.41. The summed E-state index contributed by atoms with van der Waals surface area (Å²) in [5.41, 5.74) is 0.305. The highest BCUT2D eigenvalue weighted by Crippen LogP contribution is 2.30. The van der Waals surface area contributed by atoms with Crippen LogP contribution in [0.15, 0.2) is 29.8 Å². The van der Waals surface area contributed by atoms with Crippen LogP contribution in [-0.2, 0) is 14.3 Å². The standard InChI is InChI=1S/C20H21N3O7/c24-16(21-10-9-13-5-2-1-3-6-13)12-30-17(25)11-22-19(26)14-7-4-8-15(23(28)29)18(14)20(22)27/h4-5,7-8H,1-3,6,9-12H2,(H,21,24). The minimum absolute atomic E-state index is 0.142. The van der Waals surface area contributed by atoms with Crippen LogP contribution in [0.5, 0.6) is 0 Å². The van der Waals surface area contributed by atoms with Gasteiger partial charge in [0.15, 0.2) is 6.61 Å². The molecular weight excluding hydrogens is 394 g/mol. The number of amides is 3. The molecule has 0 aromatic heterocycles. The Labute approximate surface area is 172 Å². The largest absolute Gasteiger partial charge is 0.454 e. The van der Waals surface area contributed by atoms with Crippen molar-refractivity contribution in [2.45, 2.75) is 32.1 Å². The smallest absolute Gasteiger partial charge is 0.326 e. The number of carbonyl (C=O) groups excluding carboxylic acids is 4. The number of rotatable bonds is 8. The average Bonchev–Trinajstić information content (AvgIpc) is 2.98. The molecule has 1 aliphatic carbocycles. The van der Waals surface area contributed by atoms with E-state index in [1.165, 1.54) is 24.1 Å². The topological polar surface area (TPSA) is 136 Å². The van der Waals surface area contributed by atoms with Gasteiger partial charge in [-0.2, -0.15) is 0 Å². The Balaban J connectivity index is 1.48. The van der Waals surface area contributed by atoms with Crippen LogP contribution >= 0.6 is 0 Å². The molecule has 30 heavy (non-hydrogen) atoms. The third kappa shape index (κ3) is 4.70. The first-order chi connectivity index (χ1) is 14.4. The van der Waals surface area contributed by atoms with E-state index in [1.54, 1.807) is 0 Å². The van der Waals surface area contributed by atoms with Crippen LogP contribution in [0.2, 0.25) is 0 Å². The molecule has 0 unspecified atom stereocenters. The van der Waals surface area contributed by atoms with Crippen molar-refractivity contribution in [1.29, 1.82) is 0 Å². The zero-order valence-electron chi connectivity index (χ0n) is 16.2. The Kier molecular flexibility index (Phi) is 6.55. The molecule has 0 saturated heterocycles. The van der Waals surface area contributed by atoms with Crippen molar-refractivity contribution in [3.05, 3.63) is 51.1 Å². The maximum Gasteiger partial charge on any atom is 0.326 e. The van der Waals surface area contributed by atoms with Crippen molar-refractivity contribution in [2.75, 3.05) is 19.7 Å². The lowest BCUT2D eigenvalue weighted by Crippen LogP contribution is -2.37. The second-order valence-electron chi connectivity index (χ2n) is 7.02. The van der Waals surface area contributed by atoms with Gasteiger partial charge in [-0.3, -0.25) is 34.2 Å². The molecule has 0 fully saturated rings. The van der Waals surface area contributed by atoms with Gasteiger partial charge in [0.1, 0.15) is 12.1 Å². The molecule has 0 atom stereocenters. The van der Waals surface area contributed by atoms with Gasteiger partial charge in [0, 0.05) is 12.6 Å². The Morgan fingerprint density at radius 3 is 2.70 bits per heavy atom. The maximum atomic E-state index is 12.4. The molecule has 3 amide bonds. The summed E-state index contributed by atoms with van der Waals surface area (Å²) in [6, 6.07) is 3.68. The van der Waals surface area contributed by atoms with Crippen molar-refractivity contribution in [3.63, 3.8) is 0 Å². The molecule has 1 aromatic carbocycles. The van der Waals surface area contributed by atoms with E-state index in [0.29, 0.717) is 11.4 Å². The summed E-state index contributed by atoms with van der Waals surface area (Å²) < 4.78 is 4.84. The fraction of sp³-hybridized carbons (Fsp3) is 0.400. The van der Waals surface area contributed by atoms with E-state index in [0.717, 1.165) is 31.7 Å². The van der Waals surface area contributed by atoms with E-state index in [2.05, 4.69) is 11.4 Å². The van der Waals surface area contributed by atoms with Crippen LogP contribution in [0.1, 0.15) is 52.8 Å². The summed E-state index contributed by atoms with van der Waals surface area (Å²) in [5.74, 6) is -3.21. The average molecular weight is 415 g/mol. The maximum absolute atomic E-state index is 12.4. The SMILES string of the molecule is O=C(COC(=O)CN1C(=O)c2cccc([N+](=O)[O-])c2C1=O)NCCC1=CCCCC1. The molecule has 1 aliphatic heterocycles. The molecule has 0 saturated carbocycles. The number of carbonyl (C=O) groups is 4. The molecule has 1 N–H and O–H groups in total. The van der Waals surface area contributed by atoms with E-state index >= 15 is 0 Å². The molecule has 10 heteroatoms. The molecule has 158 valence electrons. The Morgan fingerprint density at radius 2 is 2.00 bits per heavy atom. The lowest BCUT2D eigenvalue weighted by Gasteiger charge is -2.14. The van der Waals surface area contributed by atoms with Crippen LogP contribution in [0.25, 0.3) is 0 Å². The number of nitrogens with one attached hydrogen (secondary N) is 1. The van der Waals surface area contributed by atoms with Gasteiger partial charge in [-0.25, -0.2) is 0 Å². The molecule has 3 rings (SSSR count). The zero-order valence-corrected chi connectivity index (χ0v) is 16.2. The lowest BCUT2D eigenvalue weighted by atomic mass is 9.97. The van der Waals surface area contributed by atoms with Gasteiger partial charge in [0.2, 0.25) is 0 Å². The number of hydrogen-bond donors (Lipinski definition) is 1. The minimum Gasteiger partial charge on any atom is -0.454 e. The number of benzene rings is 1. The fourth-order valence-electron chi connectivity index (χ4n) is 3.48. The first kappa shape index (κ1) is 21.2. The number of allylic oxidation sites excluding steroid dienone is 1. The van der Waals surface area contributed by atoms with E-state index in [1.807, 2.05) is 0 Å². The van der Waals surface area contributed by atoms with E-state index in [9.17, 15) is 29.3 Å². The number of imide groups is 1. The van der Waals surface area contributed by atoms with Crippen LogP contribution in [0.3, 0.4) is 0 Å². The van der Waals surface area contributed by atoms with Crippen LogP contribution in [0, 0.1) is 10.1 Å². The highest BCUT2D eigenvalue weighted by atomic mass is 16.6. The number of nitro groups is 1. The minimum atomic E-state index is -0.961. The summed E-state index contributed by atoms with van der Waals surface area (Å²) in [4.78, 5) is 59.5. The Hall–Kier alpha value is -3.56. The summed E-state index contributed by atoms with van der Waals surface area (Å²) in [6.07, 6.45) is 7.35. The fourth-order valence-corrected chi connectivity index (χ4v) is 3.48. The third-order valence-corrected chi connectivity index (χ3v) is 4.98. The Bertz CT molecular complexity index is 938. The number of nitrogens with zero attached hydrogens (tertiary/aromatic N) is 2. The molecule has 0 radical (unpaired) electrons. The van der Waals surface area contributed by atoms with E-state index < -0.39 is 47.5 Å². The molecule has 2 aliphatic rings. The number of esters is 1. The normalized spacial score (nSPS) is 15.5. The van der Waals surface area contributed by atoms with Crippen molar-refractivity contribution >= 4 is 29.4 Å². The van der Waals surface area contributed by atoms with Crippen LogP contribution in [-0.4, -0.2) is 53.2 Å². The molecule has 10 nitrogen and oxygen atoms in total. The monoisotopic (exact) mass is 415 g/mol. The Morgan fingerprint density at radius 1 is 1.20 bits per heavy atom. The molecule has 1 aromatic rings. The number of fused-ring (bicyclic) bond motifs is 1. The van der Waals surface area contributed by atoms with E-state index in [4.69, 9.17) is 4.74 Å². The predicted molar refractivity (Wildman–Crippen MR) is 104 cm³/mol. The molecule has 1 heterocycles. The summed E-state index contributed by atoms with van der Waals surface area (Å²) >= 11 is 0. The van der Waals surface area contributed by atoms with Gasteiger partial charge in [0.05, 0.1) is 10.5 Å². The van der Waals surface area contributed by atoms with Gasteiger partial charge in [-0.1, -0.05) is 17.7 Å². The van der Waals surface area contributed by atoms with Gasteiger partial charge in [-0.05, 0) is 38.2 Å². The van der Waals surface area contributed by atoms with Gasteiger partial charge in [-0.15, -0.1) is 0 Å². The second-order valence-corrected chi connectivity index (χ2v) is 7.02. The van der Waals surface area contributed by atoms with Crippen LogP contribution in [0.4, 0.5) is 5.69 Å². The zero-order chi connectivity index (χ0) is 21.7.